The predicted octanol–water partition coefficient (Wildman–Crippen LogP) is 5.61. The van der Waals surface area contributed by atoms with Crippen molar-refractivity contribution < 1.29 is 31.5 Å². The predicted molar refractivity (Wildman–Crippen MR) is 136 cm³/mol. The van der Waals surface area contributed by atoms with Gasteiger partial charge in [0.1, 0.15) is 11.4 Å². The van der Waals surface area contributed by atoms with Crippen molar-refractivity contribution in [3.05, 3.63) is 107 Å². The minimum atomic E-state index is -4.81. The molecule has 0 radical (unpaired) electrons. The summed E-state index contributed by atoms with van der Waals surface area (Å²) in [6, 6.07) is 13.1. The number of amides is 2. The number of benzene rings is 2. The van der Waals surface area contributed by atoms with E-state index in [2.05, 4.69) is 15.4 Å². The number of rotatable bonds is 5. The Morgan fingerprint density at radius 3 is 2.46 bits per heavy atom. The maximum Gasteiger partial charge on any atom is 0.416 e. The summed E-state index contributed by atoms with van der Waals surface area (Å²) in [5, 5.41) is 15.9. The number of pyridine rings is 1. The van der Waals surface area contributed by atoms with E-state index in [1.54, 1.807) is 25.1 Å². The number of alkyl halides is 5. The first-order valence-corrected chi connectivity index (χ1v) is 12.1. The number of nitrogens with one attached hydrogen (secondary N) is 1. The van der Waals surface area contributed by atoms with E-state index in [0.717, 1.165) is 12.1 Å². The van der Waals surface area contributed by atoms with Crippen molar-refractivity contribution in [1.29, 1.82) is 5.26 Å². The molecule has 0 fully saturated rings. The quantitative estimate of drug-likeness (QED) is 0.317. The molecule has 1 atom stereocenters. The van der Waals surface area contributed by atoms with Gasteiger partial charge in [-0.1, -0.05) is 18.2 Å². The SMILES string of the molecule is CC1Cn2ncc(C(=O)Nc3cccc(C#N)c3)c2C(=O)N1c1ccc(C(F)(F)c2cc(C(F)(F)F)ccn2)cc1. The van der Waals surface area contributed by atoms with Crippen LogP contribution in [-0.4, -0.2) is 32.6 Å². The average Bonchev–Trinajstić information content (AvgIpc) is 3.37. The van der Waals surface area contributed by atoms with Gasteiger partial charge in [-0.15, -0.1) is 0 Å². The molecule has 1 unspecified atom stereocenters. The molecule has 0 saturated heterocycles. The van der Waals surface area contributed by atoms with Crippen molar-refractivity contribution >= 4 is 23.2 Å². The van der Waals surface area contributed by atoms with E-state index in [4.69, 9.17) is 5.26 Å². The van der Waals surface area contributed by atoms with Crippen LogP contribution >= 0.6 is 0 Å². The number of halogens is 5. The van der Waals surface area contributed by atoms with Crippen LogP contribution in [0.2, 0.25) is 0 Å². The third kappa shape index (κ3) is 5.11. The lowest BCUT2D eigenvalue weighted by Crippen LogP contribution is -2.47. The molecule has 0 saturated carbocycles. The van der Waals surface area contributed by atoms with Crippen LogP contribution in [0.1, 0.15) is 50.2 Å². The minimum Gasteiger partial charge on any atom is -0.322 e. The van der Waals surface area contributed by atoms with Gasteiger partial charge < -0.3 is 10.2 Å². The molecular formula is C28H19F5N6O2. The highest BCUT2D eigenvalue weighted by Crippen LogP contribution is 2.38. The van der Waals surface area contributed by atoms with Gasteiger partial charge in [0, 0.05) is 23.1 Å². The highest BCUT2D eigenvalue weighted by molar-refractivity contribution is 6.15. The topological polar surface area (TPSA) is 104 Å². The molecule has 1 aliphatic rings. The molecule has 2 aromatic heterocycles. The summed E-state index contributed by atoms with van der Waals surface area (Å²) in [6.45, 7) is 1.91. The van der Waals surface area contributed by atoms with E-state index in [9.17, 15) is 22.8 Å². The number of hydrogen-bond acceptors (Lipinski definition) is 5. The molecule has 1 N–H and O–H groups in total. The Morgan fingerprint density at radius 1 is 1.05 bits per heavy atom. The highest BCUT2D eigenvalue weighted by atomic mass is 19.4. The molecule has 8 nitrogen and oxygen atoms in total. The second-order valence-corrected chi connectivity index (χ2v) is 9.31. The van der Waals surface area contributed by atoms with Crippen molar-refractivity contribution in [2.24, 2.45) is 0 Å². The number of aromatic nitrogens is 3. The fraction of sp³-hybridized carbons (Fsp3) is 0.179. The van der Waals surface area contributed by atoms with Gasteiger partial charge in [0.15, 0.2) is 0 Å². The summed E-state index contributed by atoms with van der Waals surface area (Å²) in [4.78, 5) is 31.4. The maximum atomic E-state index is 15.1. The fourth-order valence-corrected chi connectivity index (χ4v) is 4.56. The number of hydrogen-bond donors (Lipinski definition) is 1. The Bertz CT molecular complexity index is 1690. The molecule has 2 amide bonds. The first-order chi connectivity index (χ1) is 19.4. The molecule has 0 bridgehead atoms. The Labute approximate surface area is 229 Å². The molecule has 5 rings (SSSR count). The van der Waals surface area contributed by atoms with E-state index in [0.29, 0.717) is 29.6 Å². The zero-order valence-corrected chi connectivity index (χ0v) is 21.2. The van der Waals surface area contributed by atoms with Crippen molar-refractivity contribution in [1.82, 2.24) is 14.8 Å². The van der Waals surface area contributed by atoms with E-state index >= 15 is 8.78 Å². The van der Waals surface area contributed by atoms with E-state index in [1.165, 1.54) is 34.0 Å². The number of carbonyl (C=O) groups excluding carboxylic acids is 2. The van der Waals surface area contributed by atoms with Crippen molar-refractivity contribution in [2.45, 2.75) is 31.6 Å². The lowest BCUT2D eigenvalue weighted by Gasteiger charge is -2.34. The van der Waals surface area contributed by atoms with Gasteiger partial charge in [-0.25, -0.2) is 0 Å². The Morgan fingerprint density at radius 2 is 1.78 bits per heavy atom. The van der Waals surface area contributed by atoms with Gasteiger partial charge in [0.2, 0.25) is 0 Å². The maximum absolute atomic E-state index is 15.1. The lowest BCUT2D eigenvalue weighted by atomic mass is 10.0. The highest BCUT2D eigenvalue weighted by Gasteiger charge is 2.40. The Balaban J connectivity index is 1.41. The summed E-state index contributed by atoms with van der Waals surface area (Å²) in [7, 11) is 0. The number of anilines is 2. The van der Waals surface area contributed by atoms with E-state index in [1.807, 2.05) is 6.07 Å². The summed E-state index contributed by atoms with van der Waals surface area (Å²) in [6.07, 6.45) is -2.89. The largest absolute Gasteiger partial charge is 0.416 e. The molecular weight excluding hydrogens is 547 g/mol. The van der Waals surface area contributed by atoms with E-state index in [-0.39, 0.29) is 23.5 Å². The fourth-order valence-electron chi connectivity index (χ4n) is 4.56. The van der Waals surface area contributed by atoms with Gasteiger partial charge >= 0.3 is 12.1 Å². The van der Waals surface area contributed by atoms with Crippen LogP contribution in [-0.2, 0) is 18.6 Å². The molecule has 3 heterocycles. The van der Waals surface area contributed by atoms with Crippen LogP contribution in [0.4, 0.5) is 33.3 Å². The van der Waals surface area contributed by atoms with Crippen LogP contribution in [0, 0.1) is 11.3 Å². The van der Waals surface area contributed by atoms with Crippen molar-refractivity contribution in [2.75, 3.05) is 10.2 Å². The summed E-state index contributed by atoms with van der Waals surface area (Å²) >= 11 is 0. The molecule has 4 aromatic rings. The van der Waals surface area contributed by atoms with Crippen LogP contribution in [0.3, 0.4) is 0 Å². The third-order valence-electron chi connectivity index (χ3n) is 6.55. The van der Waals surface area contributed by atoms with Gasteiger partial charge in [0.05, 0.1) is 41.5 Å². The smallest absolute Gasteiger partial charge is 0.322 e. The Kier molecular flexibility index (Phi) is 6.78. The van der Waals surface area contributed by atoms with E-state index < -0.39 is 46.8 Å². The zero-order chi connectivity index (χ0) is 29.5. The van der Waals surface area contributed by atoms with Crippen LogP contribution in [0.25, 0.3) is 0 Å². The first kappa shape index (κ1) is 27.4. The summed E-state index contributed by atoms with van der Waals surface area (Å²) in [5.41, 5.74) is -2.06. The average molecular weight is 566 g/mol. The number of fused-ring (bicyclic) bond motifs is 1. The van der Waals surface area contributed by atoms with Crippen molar-refractivity contribution in [3.63, 3.8) is 0 Å². The molecule has 1 aliphatic heterocycles. The van der Waals surface area contributed by atoms with Crippen molar-refractivity contribution in [3.8, 4) is 6.07 Å². The Hall–Kier alpha value is -5.12. The van der Waals surface area contributed by atoms with Crippen LogP contribution in [0.15, 0.2) is 73.1 Å². The normalized spacial score (nSPS) is 15.3. The van der Waals surface area contributed by atoms with Crippen LogP contribution < -0.4 is 10.2 Å². The second kappa shape index (κ2) is 10.1. The number of nitriles is 1. The molecule has 0 spiro atoms. The van der Waals surface area contributed by atoms with Gasteiger partial charge in [-0.3, -0.25) is 19.3 Å². The molecule has 208 valence electrons. The van der Waals surface area contributed by atoms with Gasteiger partial charge in [-0.05, 0) is 49.4 Å². The molecule has 2 aromatic carbocycles. The first-order valence-electron chi connectivity index (χ1n) is 12.1. The molecule has 0 aliphatic carbocycles. The standard InChI is InChI=1S/C28H19F5N6O2/c1-16-15-38-24(22(14-36-38)25(40)37-20-4-2-3-17(11-20)13-34)26(41)39(16)21-7-5-18(6-8-21)27(29,30)23-12-19(9-10-35-23)28(31,32)33/h2-12,14,16H,15H2,1H3,(H,37,40). The zero-order valence-electron chi connectivity index (χ0n) is 21.2. The molecule has 13 heteroatoms. The van der Waals surface area contributed by atoms with Gasteiger partial charge in [0.25, 0.3) is 11.8 Å². The monoisotopic (exact) mass is 566 g/mol. The second-order valence-electron chi connectivity index (χ2n) is 9.31. The summed E-state index contributed by atoms with van der Waals surface area (Å²) < 4.78 is 70.7. The summed E-state index contributed by atoms with van der Waals surface area (Å²) in [5.74, 6) is -5.08. The minimum absolute atomic E-state index is 0.0143. The van der Waals surface area contributed by atoms with Gasteiger partial charge in [-0.2, -0.15) is 32.3 Å². The van der Waals surface area contributed by atoms with Crippen LogP contribution in [0.5, 0.6) is 0 Å². The third-order valence-corrected chi connectivity index (χ3v) is 6.55. The number of carbonyl (C=O) groups is 2. The lowest BCUT2D eigenvalue weighted by molar-refractivity contribution is -0.137. The molecule has 41 heavy (non-hydrogen) atoms. The number of nitrogens with zero attached hydrogens (tertiary/aromatic N) is 5.